The van der Waals surface area contributed by atoms with Crippen LogP contribution in [0.25, 0.3) is 0 Å². The van der Waals surface area contributed by atoms with Crippen molar-refractivity contribution < 1.29 is 20.8 Å². The van der Waals surface area contributed by atoms with Gasteiger partial charge in [0.1, 0.15) is 0 Å². The molecule has 0 atom stereocenters. The number of hydrogen-bond donors (Lipinski definition) is 0. The van der Waals surface area contributed by atoms with Gasteiger partial charge in [-0.3, -0.25) is 0 Å². The summed E-state index contributed by atoms with van der Waals surface area (Å²) < 4.78 is 59.4. The summed E-state index contributed by atoms with van der Waals surface area (Å²) in [7, 11) is 0.0338. The van der Waals surface area contributed by atoms with E-state index in [4.69, 9.17) is 0 Å². The molecule has 3 aromatic carbocycles. The monoisotopic (exact) mass is 478 g/mol. The summed E-state index contributed by atoms with van der Waals surface area (Å²) in [6.07, 6.45) is 1.06. The van der Waals surface area contributed by atoms with Crippen LogP contribution in [0.5, 0.6) is 0 Å². The molecule has 0 spiro atoms. The molecule has 0 aromatic heterocycles. The van der Waals surface area contributed by atoms with Crippen LogP contribution >= 0.6 is 0 Å². The molecule has 1 heterocycles. The molecule has 0 unspecified atom stereocenters. The van der Waals surface area contributed by atoms with Crippen molar-refractivity contribution in [1.82, 2.24) is 0 Å². The van der Waals surface area contributed by atoms with Crippen molar-refractivity contribution in [3.8, 4) is 0 Å². The Balaban J connectivity index is 0.000000279. The number of benzene rings is 3. The Kier molecular flexibility index (Phi) is 4.92. The van der Waals surface area contributed by atoms with E-state index < -0.39 is 14.2 Å². The zero-order chi connectivity index (χ0) is 20.6. The van der Waals surface area contributed by atoms with Gasteiger partial charge in [-0.1, -0.05) is 54.1 Å². The molecule has 150 valence electrons. The Morgan fingerprint density at radius 2 is 1.04 bits per heavy atom. The van der Waals surface area contributed by atoms with E-state index in [0.717, 1.165) is 6.42 Å². The van der Waals surface area contributed by atoms with Crippen molar-refractivity contribution in [1.29, 1.82) is 0 Å². The summed E-state index contributed by atoms with van der Waals surface area (Å²) >= 11 is -11.1. The first-order valence-corrected chi connectivity index (χ1v) is 13.8. The fourth-order valence-corrected chi connectivity index (χ4v) is 5.34. The molecule has 0 aliphatic carbocycles. The molecule has 0 saturated carbocycles. The van der Waals surface area contributed by atoms with Gasteiger partial charge in [-0.2, -0.15) is 0 Å². The zero-order valence-electron chi connectivity index (χ0n) is 14.8. The minimum atomic E-state index is -11.1. The third-order valence-electron chi connectivity index (χ3n) is 4.02. The van der Waals surface area contributed by atoms with Gasteiger partial charge >= 0.3 is 35.0 Å². The van der Waals surface area contributed by atoms with E-state index in [2.05, 4.69) is 79.7 Å². The SMILES string of the molecule is Cc1ccc([S+]2c3ccccc3Cc3ccccc32)cc1.F[As-](F)(F)(F)(F)F. The second-order valence-corrected chi connectivity index (χ2v) is 12.5. The third-order valence-corrected chi connectivity index (χ3v) is 6.44. The second-order valence-electron chi connectivity index (χ2n) is 6.47. The van der Waals surface area contributed by atoms with Crippen molar-refractivity contribution >= 4 is 25.1 Å². The van der Waals surface area contributed by atoms with E-state index in [0.29, 0.717) is 0 Å². The minimum absolute atomic E-state index is 0.0338. The van der Waals surface area contributed by atoms with Crippen LogP contribution in [-0.4, -0.2) is 14.2 Å². The number of hydrogen-bond acceptors (Lipinski definition) is 0. The Labute approximate surface area is 163 Å². The van der Waals surface area contributed by atoms with E-state index in [9.17, 15) is 20.8 Å². The number of aryl methyl sites for hydroxylation is 1. The van der Waals surface area contributed by atoms with Crippen LogP contribution in [0.1, 0.15) is 16.7 Å². The summed E-state index contributed by atoms with van der Waals surface area (Å²) in [5, 5.41) is 0. The summed E-state index contributed by atoms with van der Waals surface area (Å²) in [6.45, 7) is 2.15. The van der Waals surface area contributed by atoms with Crippen LogP contribution in [-0.2, 0) is 17.3 Å². The first-order chi connectivity index (χ1) is 12.8. The van der Waals surface area contributed by atoms with Crippen molar-refractivity contribution in [2.75, 3.05) is 0 Å². The van der Waals surface area contributed by atoms with Crippen molar-refractivity contribution in [3.63, 3.8) is 0 Å². The van der Waals surface area contributed by atoms with E-state index in [1.165, 1.54) is 31.4 Å². The normalized spacial score (nSPS) is 16.0. The van der Waals surface area contributed by atoms with Gasteiger partial charge in [-0.15, -0.1) is 0 Å². The summed E-state index contributed by atoms with van der Waals surface area (Å²) in [6, 6.07) is 26.8. The Hall–Kier alpha value is -1.85. The van der Waals surface area contributed by atoms with Gasteiger partial charge in [-0.05, 0) is 31.2 Å². The number of rotatable bonds is 1. The zero-order valence-corrected chi connectivity index (χ0v) is 17.5. The Bertz CT molecular complexity index is 941. The molecule has 0 bridgehead atoms. The van der Waals surface area contributed by atoms with Crippen molar-refractivity contribution in [2.45, 2.75) is 28.0 Å². The van der Waals surface area contributed by atoms with Crippen molar-refractivity contribution in [2.24, 2.45) is 0 Å². The fraction of sp³-hybridized carbons (Fsp3) is 0.100. The topological polar surface area (TPSA) is 0 Å². The van der Waals surface area contributed by atoms with Gasteiger partial charge in [0.2, 0.25) is 0 Å². The molecule has 1 aliphatic heterocycles. The number of halogens is 6. The van der Waals surface area contributed by atoms with Gasteiger partial charge in [0, 0.05) is 17.5 Å². The Morgan fingerprint density at radius 1 is 0.643 bits per heavy atom. The average molecular weight is 478 g/mol. The molecule has 3 aromatic rings. The van der Waals surface area contributed by atoms with Gasteiger partial charge in [-0.25, -0.2) is 0 Å². The number of fused-ring (bicyclic) bond motifs is 2. The van der Waals surface area contributed by atoms with E-state index in [-0.39, 0.29) is 10.9 Å². The molecule has 0 saturated heterocycles. The summed E-state index contributed by atoms with van der Waals surface area (Å²) in [4.78, 5) is 4.39. The molecule has 0 N–H and O–H groups in total. The van der Waals surface area contributed by atoms with E-state index >= 15 is 0 Å². The van der Waals surface area contributed by atoms with Gasteiger partial charge in [0.05, 0.1) is 10.9 Å². The van der Waals surface area contributed by atoms with Crippen molar-refractivity contribution in [3.05, 3.63) is 89.5 Å². The summed E-state index contributed by atoms with van der Waals surface area (Å²) in [5.74, 6) is 0. The fourth-order valence-electron chi connectivity index (χ4n) is 2.95. The van der Waals surface area contributed by atoms with Crippen LogP contribution in [0.4, 0.5) is 20.8 Å². The molecule has 28 heavy (non-hydrogen) atoms. The van der Waals surface area contributed by atoms with Gasteiger partial charge < -0.3 is 0 Å². The predicted molar refractivity (Wildman–Crippen MR) is 101 cm³/mol. The third kappa shape index (κ3) is 6.08. The van der Waals surface area contributed by atoms with Crippen LogP contribution in [0, 0.1) is 6.92 Å². The molecule has 0 amide bonds. The maximum atomic E-state index is 9.91. The predicted octanol–water partition coefficient (Wildman–Crippen LogP) is 7.14. The van der Waals surface area contributed by atoms with Crippen LogP contribution < -0.4 is 0 Å². The molecule has 1 aliphatic rings. The first-order valence-electron chi connectivity index (χ1n) is 8.31. The van der Waals surface area contributed by atoms with E-state index in [1.54, 1.807) is 0 Å². The van der Waals surface area contributed by atoms with Crippen LogP contribution in [0.3, 0.4) is 0 Å². The van der Waals surface area contributed by atoms with E-state index in [1.807, 2.05) is 0 Å². The van der Waals surface area contributed by atoms with Gasteiger partial charge in [0.25, 0.3) is 0 Å². The standard InChI is InChI=1S/C20H17S.AsF6/c1-15-10-12-18(13-11-15)21-19-8-4-2-6-16(19)14-17-7-3-5-9-20(17)21;2-1(3,4,5,6)7/h2-13H,14H2,1H3;/q+1;-1. The first kappa shape index (κ1) is 20.9. The van der Waals surface area contributed by atoms with Crippen LogP contribution in [0.15, 0.2) is 87.5 Å². The molecule has 8 heteroatoms. The maximum absolute atomic E-state index is 11.1. The summed E-state index contributed by atoms with van der Waals surface area (Å²) in [5.41, 5.74) is 4.26. The van der Waals surface area contributed by atoms with Gasteiger partial charge in [0.15, 0.2) is 14.7 Å². The average Bonchev–Trinajstić information content (AvgIpc) is 2.58. The molecule has 4 rings (SSSR count). The Morgan fingerprint density at radius 3 is 1.46 bits per heavy atom. The molecule has 0 fully saturated rings. The molecule has 0 nitrogen and oxygen atoms in total. The molecular formula is C20H17AsF6S. The van der Waals surface area contributed by atoms with Crippen LogP contribution in [0.2, 0.25) is 0 Å². The molecule has 0 radical (unpaired) electrons. The molecular weight excluding hydrogens is 461 g/mol. The second kappa shape index (κ2) is 6.60. The quantitative estimate of drug-likeness (QED) is 0.155.